The predicted octanol–water partition coefficient (Wildman–Crippen LogP) is 3.84. The predicted molar refractivity (Wildman–Crippen MR) is 154 cm³/mol. The lowest BCUT2D eigenvalue weighted by Gasteiger charge is -2.30. The zero-order valence-corrected chi connectivity index (χ0v) is 23.3. The fourth-order valence-electron chi connectivity index (χ4n) is 4.24. The highest BCUT2D eigenvalue weighted by atomic mass is 32.1. The van der Waals surface area contributed by atoms with Crippen molar-refractivity contribution in [1.29, 1.82) is 0 Å². The quantitative estimate of drug-likeness (QED) is 0.121. The number of benzene rings is 2. The molecule has 4 N–H and O–H groups in total. The summed E-state index contributed by atoms with van der Waals surface area (Å²) in [4.78, 5) is 36.3. The third-order valence-electron chi connectivity index (χ3n) is 6.10. The van der Waals surface area contributed by atoms with Crippen LogP contribution in [-0.4, -0.2) is 47.5 Å². The van der Waals surface area contributed by atoms with Crippen molar-refractivity contribution in [3.05, 3.63) is 88.3 Å². The first-order chi connectivity index (χ1) is 19.7. The summed E-state index contributed by atoms with van der Waals surface area (Å²) in [5.41, 5.74) is 5.59. The number of carbonyl (C=O) groups excluding carboxylic acids is 2. The number of aryl methyl sites for hydroxylation is 1. The van der Waals surface area contributed by atoms with Gasteiger partial charge in [0.25, 0.3) is 5.91 Å². The van der Waals surface area contributed by atoms with E-state index in [9.17, 15) is 14.4 Å². The number of ether oxygens (including phenoxy) is 2. The molecule has 12 heteroatoms. The lowest BCUT2D eigenvalue weighted by molar-refractivity contribution is -0.139. The molecule has 3 aromatic rings. The molecule has 4 rings (SSSR count). The van der Waals surface area contributed by atoms with E-state index in [0.29, 0.717) is 39.2 Å². The number of thiocarbonyl (C=S) groups is 1. The monoisotopic (exact) mass is 576 g/mol. The Morgan fingerprint density at radius 2 is 1.93 bits per heavy atom. The van der Waals surface area contributed by atoms with Gasteiger partial charge in [0.05, 0.1) is 30.0 Å². The number of para-hydroxylation sites is 1. The van der Waals surface area contributed by atoms with Crippen LogP contribution in [0.2, 0.25) is 0 Å². The fraction of sp³-hybridized carbons (Fsp3) is 0.207. The molecule has 1 aliphatic rings. The number of amides is 1. The van der Waals surface area contributed by atoms with Crippen molar-refractivity contribution in [2.75, 3.05) is 13.2 Å². The standard InChI is InChI=1S/C29H28N4O7S/c1-4-38-28(37)25-17(3)31-29(41)32-26(25)21-7-5-6-8-22(21)39-15-24(34)33-30-14-19-10-12-23(40-19)20-11-9-18(27(35)36)13-16(20)2/h5-14,26H,4,15H2,1-3H3,(H,33,34)(H,35,36)(H2,31,32,41)/t26-/m0/s1. The summed E-state index contributed by atoms with van der Waals surface area (Å²) in [6, 6.07) is 14.5. The Morgan fingerprint density at radius 3 is 2.66 bits per heavy atom. The number of carboxylic acids is 1. The van der Waals surface area contributed by atoms with Gasteiger partial charge in [-0.25, -0.2) is 15.0 Å². The van der Waals surface area contributed by atoms with Gasteiger partial charge in [-0.15, -0.1) is 0 Å². The number of carbonyl (C=O) groups is 3. The van der Waals surface area contributed by atoms with Crippen LogP contribution in [0.5, 0.6) is 5.75 Å². The number of allylic oxidation sites excluding steroid dienone is 1. The van der Waals surface area contributed by atoms with E-state index < -0.39 is 23.9 Å². The van der Waals surface area contributed by atoms with E-state index >= 15 is 0 Å². The lowest BCUT2D eigenvalue weighted by Crippen LogP contribution is -2.45. The Hall–Kier alpha value is -4.97. The van der Waals surface area contributed by atoms with Gasteiger partial charge in [0.15, 0.2) is 11.7 Å². The molecule has 1 amide bonds. The molecule has 41 heavy (non-hydrogen) atoms. The number of aromatic carboxylic acids is 1. The zero-order valence-electron chi connectivity index (χ0n) is 22.5. The molecule has 1 aliphatic heterocycles. The second-order valence-electron chi connectivity index (χ2n) is 8.95. The van der Waals surface area contributed by atoms with Crippen LogP contribution in [-0.2, 0) is 14.3 Å². The first-order valence-corrected chi connectivity index (χ1v) is 13.0. The molecule has 1 atom stereocenters. The number of furan rings is 1. The number of hydrogen-bond acceptors (Lipinski definition) is 8. The number of carboxylic acid groups (broad SMARTS) is 1. The topological polar surface area (TPSA) is 151 Å². The minimum Gasteiger partial charge on any atom is -0.483 e. The van der Waals surface area contributed by atoms with Gasteiger partial charge in [0, 0.05) is 16.8 Å². The van der Waals surface area contributed by atoms with Gasteiger partial charge in [-0.05, 0) is 68.9 Å². The first-order valence-electron chi connectivity index (χ1n) is 12.6. The molecular formula is C29H28N4O7S. The van der Waals surface area contributed by atoms with Crippen LogP contribution >= 0.6 is 12.2 Å². The normalized spacial score (nSPS) is 14.8. The van der Waals surface area contributed by atoms with Crippen molar-refractivity contribution in [2.45, 2.75) is 26.8 Å². The van der Waals surface area contributed by atoms with Crippen LogP contribution in [0.3, 0.4) is 0 Å². The molecule has 0 radical (unpaired) electrons. The van der Waals surface area contributed by atoms with Crippen molar-refractivity contribution < 1.29 is 33.4 Å². The average Bonchev–Trinajstić information content (AvgIpc) is 3.40. The number of nitrogens with zero attached hydrogens (tertiary/aromatic N) is 1. The Kier molecular flexibility index (Phi) is 9.15. The van der Waals surface area contributed by atoms with E-state index in [1.165, 1.54) is 12.3 Å². The van der Waals surface area contributed by atoms with Crippen LogP contribution in [0.15, 0.2) is 75.4 Å². The molecule has 0 fully saturated rings. The van der Waals surface area contributed by atoms with Crippen molar-refractivity contribution in [3.63, 3.8) is 0 Å². The largest absolute Gasteiger partial charge is 0.483 e. The fourth-order valence-corrected chi connectivity index (χ4v) is 4.51. The third-order valence-corrected chi connectivity index (χ3v) is 6.32. The second kappa shape index (κ2) is 12.9. The molecule has 11 nitrogen and oxygen atoms in total. The lowest BCUT2D eigenvalue weighted by atomic mass is 9.95. The van der Waals surface area contributed by atoms with E-state index in [2.05, 4.69) is 21.2 Å². The van der Waals surface area contributed by atoms with Crippen LogP contribution in [0, 0.1) is 6.92 Å². The molecule has 2 aromatic carbocycles. The molecule has 1 aromatic heterocycles. The summed E-state index contributed by atoms with van der Waals surface area (Å²) in [5.74, 6) is -0.722. The maximum Gasteiger partial charge on any atom is 0.338 e. The zero-order chi connectivity index (χ0) is 29.5. The van der Waals surface area contributed by atoms with E-state index in [1.807, 2.05) is 0 Å². The summed E-state index contributed by atoms with van der Waals surface area (Å²) in [6.07, 6.45) is 1.34. The van der Waals surface area contributed by atoms with E-state index in [-0.39, 0.29) is 18.8 Å². The van der Waals surface area contributed by atoms with Gasteiger partial charge in [-0.3, -0.25) is 4.79 Å². The van der Waals surface area contributed by atoms with Crippen LogP contribution in [0.4, 0.5) is 0 Å². The average molecular weight is 577 g/mol. The Labute approximate surface area is 241 Å². The smallest absolute Gasteiger partial charge is 0.338 e. The highest BCUT2D eigenvalue weighted by Gasteiger charge is 2.32. The highest BCUT2D eigenvalue weighted by molar-refractivity contribution is 7.80. The van der Waals surface area contributed by atoms with Crippen LogP contribution < -0.4 is 20.8 Å². The Bertz CT molecular complexity index is 1560. The molecule has 212 valence electrons. The van der Waals surface area contributed by atoms with Crippen molar-refractivity contribution >= 4 is 41.4 Å². The first kappa shape index (κ1) is 29.0. The van der Waals surface area contributed by atoms with Crippen molar-refractivity contribution in [2.24, 2.45) is 5.10 Å². The van der Waals surface area contributed by atoms with Gasteiger partial charge in [0.1, 0.15) is 17.3 Å². The van der Waals surface area contributed by atoms with Crippen molar-refractivity contribution in [3.8, 4) is 17.1 Å². The minimum atomic E-state index is -1.00. The van der Waals surface area contributed by atoms with Gasteiger partial charge in [-0.1, -0.05) is 24.3 Å². The number of rotatable bonds is 10. The van der Waals surface area contributed by atoms with Crippen molar-refractivity contribution in [1.82, 2.24) is 16.1 Å². The van der Waals surface area contributed by atoms with E-state index in [0.717, 1.165) is 11.1 Å². The summed E-state index contributed by atoms with van der Waals surface area (Å²) >= 11 is 5.29. The van der Waals surface area contributed by atoms with Gasteiger partial charge >= 0.3 is 11.9 Å². The maximum absolute atomic E-state index is 12.7. The van der Waals surface area contributed by atoms with Gasteiger partial charge < -0.3 is 29.6 Å². The van der Waals surface area contributed by atoms with Gasteiger partial charge in [-0.2, -0.15) is 5.10 Å². The maximum atomic E-state index is 12.7. The van der Waals surface area contributed by atoms with Gasteiger partial charge in [0.2, 0.25) is 0 Å². The molecule has 2 heterocycles. The summed E-state index contributed by atoms with van der Waals surface area (Å²) < 4.78 is 16.8. The number of hydrogen-bond donors (Lipinski definition) is 4. The Morgan fingerprint density at radius 1 is 1.15 bits per heavy atom. The summed E-state index contributed by atoms with van der Waals surface area (Å²) in [7, 11) is 0. The number of esters is 1. The molecule has 0 aliphatic carbocycles. The molecule has 0 saturated carbocycles. The molecule has 0 unspecified atom stereocenters. The van der Waals surface area contributed by atoms with Crippen LogP contribution in [0.25, 0.3) is 11.3 Å². The third kappa shape index (κ3) is 6.97. The second-order valence-corrected chi connectivity index (χ2v) is 9.36. The molecule has 0 spiro atoms. The Balaban J connectivity index is 1.40. The summed E-state index contributed by atoms with van der Waals surface area (Å²) in [5, 5.41) is 19.4. The number of nitrogens with one attached hydrogen (secondary N) is 3. The van der Waals surface area contributed by atoms with E-state index in [4.69, 9.17) is 31.2 Å². The van der Waals surface area contributed by atoms with Crippen LogP contribution in [0.1, 0.15) is 47.1 Å². The molecule has 0 bridgehead atoms. The molecule has 0 saturated heterocycles. The SMILES string of the molecule is CCOC(=O)C1=C(C)NC(=S)N[C@H]1c1ccccc1OCC(=O)NN=Cc1ccc(-c2ccc(C(=O)O)cc2C)o1. The highest BCUT2D eigenvalue weighted by Crippen LogP contribution is 2.33. The summed E-state index contributed by atoms with van der Waals surface area (Å²) in [6.45, 7) is 5.12. The number of hydrazone groups is 1. The molecular weight excluding hydrogens is 548 g/mol. The van der Waals surface area contributed by atoms with E-state index in [1.54, 1.807) is 69.3 Å². The minimum absolute atomic E-state index is 0.189.